The Labute approximate surface area is 191 Å². The minimum absolute atomic E-state index is 0.157. The monoisotopic (exact) mass is 426 g/mol. The Hall–Kier alpha value is -3.85. The number of ketones is 1. The van der Waals surface area contributed by atoms with E-state index < -0.39 is 0 Å². The van der Waals surface area contributed by atoms with E-state index in [9.17, 15) is 4.79 Å². The molecule has 2 rings (SSSR count). The second-order valence-corrected chi connectivity index (χ2v) is 7.20. The van der Waals surface area contributed by atoms with Crippen LogP contribution in [0.4, 0.5) is 0 Å². The summed E-state index contributed by atoms with van der Waals surface area (Å²) in [6, 6.07) is 15.3. The van der Waals surface area contributed by atoms with E-state index in [1.54, 1.807) is 49.6 Å². The van der Waals surface area contributed by atoms with E-state index >= 15 is 0 Å². The summed E-state index contributed by atoms with van der Waals surface area (Å²) in [6.07, 6.45) is 10.7. The lowest BCUT2D eigenvalue weighted by molar-refractivity contribution is 0.103. The van der Waals surface area contributed by atoms with Crippen molar-refractivity contribution in [2.24, 2.45) is 0 Å². The van der Waals surface area contributed by atoms with Gasteiger partial charge < -0.3 is 9.47 Å². The largest absolute Gasteiger partial charge is 0.497 e. The molecule has 164 valence electrons. The maximum absolute atomic E-state index is 12.6. The highest BCUT2D eigenvalue weighted by Crippen LogP contribution is 2.18. The number of rotatable bonds is 10. The Balaban J connectivity index is 2.07. The van der Waals surface area contributed by atoms with Crippen LogP contribution in [-0.2, 0) is 4.74 Å². The predicted octanol–water partition coefficient (Wildman–Crippen LogP) is 7.39. The van der Waals surface area contributed by atoms with Crippen LogP contribution in [0.15, 0.2) is 115 Å². The molecular formula is C29H30O3. The maximum atomic E-state index is 12.6. The van der Waals surface area contributed by atoms with Gasteiger partial charge in [-0.25, -0.2) is 0 Å². The van der Waals surface area contributed by atoms with E-state index in [0.29, 0.717) is 28.4 Å². The van der Waals surface area contributed by atoms with Gasteiger partial charge in [0.05, 0.1) is 7.11 Å². The molecule has 3 heteroatoms. The quantitative estimate of drug-likeness (QED) is 0.172. The fourth-order valence-electron chi connectivity index (χ4n) is 2.77. The normalized spacial score (nSPS) is 12.6. The summed E-state index contributed by atoms with van der Waals surface area (Å²) in [5, 5.41) is 0. The van der Waals surface area contributed by atoms with E-state index in [2.05, 4.69) is 44.3 Å². The number of carbonyl (C=O) groups is 1. The molecule has 0 bridgehead atoms. The van der Waals surface area contributed by atoms with Crippen LogP contribution in [0.1, 0.15) is 35.3 Å². The SMILES string of the molecule is C=C/C(=C\C=C(/C)c1ccc(C)cc1)OC(/C=C\C(=C)C(=O)c1ccc(OC)cc1)=C/C. The van der Waals surface area contributed by atoms with E-state index in [1.165, 1.54) is 5.56 Å². The molecule has 0 aromatic heterocycles. The summed E-state index contributed by atoms with van der Waals surface area (Å²) in [7, 11) is 1.59. The molecule has 0 fully saturated rings. The highest BCUT2D eigenvalue weighted by molar-refractivity contribution is 6.10. The summed E-state index contributed by atoms with van der Waals surface area (Å²) in [4.78, 5) is 12.6. The van der Waals surface area contributed by atoms with E-state index in [4.69, 9.17) is 9.47 Å². The van der Waals surface area contributed by atoms with Gasteiger partial charge in [0.25, 0.3) is 0 Å². The lowest BCUT2D eigenvalue weighted by Gasteiger charge is -2.07. The Morgan fingerprint density at radius 3 is 2.09 bits per heavy atom. The van der Waals surface area contributed by atoms with Crippen molar-refractivity contribution in [2.75, 3.05) is 7.11 Å². The van der Waals surface area contributed by atoms with E-state index in [-0.39, 0.29) is 5.78 Å². The molecule has 0 aliphatic heterocycles. The van der Waals surface area contributed by atoms with Gasteiger partial charge in [-0.05, 0) is 86.6 Å². The third kappa shape index (κ3) is 7.13. The fourth-order valence-corrected chi connectivity index (χ4v) is 2.77. The molecule has 3 nitrogen and oxygen atoms in total. The second-order valence-electron chi connectivity index (χ2n) is 7.20. The molecule has 0 spiro atoms. The molecule has 0 aliphatic rings. The van der Waals surface area contributed by atoms with Gasteiger partial charge in [0.2, 0.25) is 0 Å². The summed E-state index contributed by atoms with van der Waals surface area (Å²) >= 11 is 0. The summed E-state index contributed by atoms with van der Waals surface area (Å²) in [5.41, 5.74) is 4.40. The van der Waals surface area contributed by atoms with Gasteiger partial charge >= 0.3 is 0 Å². The Morgan fingerprint density at radius 1 is 0.906 bits per heavy atom. The van der Waals surface area contributed by atoms with Crippen LogP contribution < -0.4 is 4.74 Å². The van der Waals surface area contributed by atoms with Gasteiger partial charge in [-0.15, -0.1) is 0 Å². The molecule has 0 heterocycles. The first kappa shape index (κ1) is 24.4. The molecule has 0 radical (unpaired) electrons. The van der Waals surface area contributed by atoms with Crippen molar-refractivity contribution in [1.29, 1.82) is 0 Å². The van der Waals surface area contributed by atoms with Gasteiger partial charge in [-0.1, -0.05) is 49.1 Å². The molecule has 0 saturated heterocycles. The van der Waals surface area contributed by atoms with Gasteiger partial charge in [-0.3, -0.25) is 4.79 Å². The number of aryl methyl sites for hydroxylation is 1. The summed E-state index contributed by atoms with van der Waals surface area (Å²) < 4.78 is 11.0. The number of allylic oxidation sites excluding steroid dienone is 8. The number of hydrogen-bond donors (Lipinski definition) is 0. The minimum atomic E-state index is -0.157. The van der Waals surface area contributed by atoms with Crippen molar-refractivity contribution in [3.63, 3.8) is 0 Å². The summed E-state index contributed by atoms with van der Waals surface area (Å²) in [6.45, 7) is 13.7. The molecule has 0 saturated carbocycles. The molecule has 32 heavy (non-hydrogen) atoms. The van der Waals surface area contributed by atoms with Crippen LogP contribution in [0.25, 0.3) is 5.57 Å². The van der Waals surface area contributed by atoms with E-state index in [0.717, 1.165) is 11.1 Å². The zero-order chi connectivity index (χ0) is 23.5. The van der Waals surface area contributed by atoms with Gasteiger partial charge in [0.1, 0.15) is 17.3 Å². The highest BCUT2D eigenvalue weighted by atomic mass is 16.5. The van der Waals surface area contributed by atoms with Crippen LogP contribution in [0.2, 0.25) is 0 Å². The Bertz CT molecular complexity index is 1080. The first-order valence-corrected chi connectivity index (χ1v) is 10.4. The molecule has 0 unspecified atom stereocenters. The third-order valence-electron chi connectivity index (χ3n) is 4.82. The van der Waals surface area contributed by atoms with Crippen LogP contribution >= 0.6 is 0 Å². The lowest BCUT2D eigenvalue weighted by atomic mass is 10.0. The average Bonchev–Trinajstić information content (AvgIpc) is 2.83. The van der Waals surface area contributed by atoms with Crippen molar-refractivity contribution < 1.29 is 14.3 Å². The first-order chi connectivity index (χ1) is 15.4. The van der Waals surface area contributed by atoms with Crippen LogP contribution in [0, 0.1) is 6.92 Å². The molecule has 0 N–H and O–H groups in total. The lowest BCUT2D eigenvalue weighted by Crippen LogP contribution is -2.00. The van der Waals surface area contributed by atoms with Crippen molar-refractivity contribution in [2.45, 2.75) is 20.8 Å². The molecule has 2 aromatic carbocycles. The van der Waals surface area contributed by atoms with Crippen LogP contribution in [0.3, 0.4) is 0 Å². The van der Waals surface area contributed by atoms with Crippen LogP contribution in [-0.4, -0.2) is 12.9 Å². The standard InChI is InChI=1S/C29H30O3/c1-7-26(17-11-22(4)24-13-9-21(3)10-14-24)32-27(8-2)18-12-23(5)29(30)25-15-19-28(31-6)20-16-25/h7-20H,1,5H2,2-4,6H3/b18-12-,22-11+,26-17+,27-8+. The number of benzene rings is 2. The third-order valence-corrected chi connectivity index (χ3v) is 4.82. The van der Waals surface area contributed by atoms with Crippen LogP contribution in [0.5, 0.6) is 5.75 Å². The van der Waals surface area contributed by atoms with Crippen molar-refractivity contribution in [1.82, 2.24) is 0 Å². The number of Topliss-reactive ketones (excluding diaryl/α,β-unsaturated/α-hetero) is 1. The Morgan fingerprint density at radius 2 is 1.53 bits per heavy atom. The molecule has 0 amide bonds. The molecule has 2 aromatic rings. The van der Waals surface area contributed by atoms with Crippen molar-refractivity contribution >= 4 is 11.4 Å². The number of hydrogen-bond acceptors (Lipinski definition) is 3. The Kier molecular flexibility index (Phi) is 9.24. The van der Waals surface area contributed by atoms with Gasteiger partial charge in [0, 0.05) is 11.1 Å². The first-order valence-electron chi connectivity index (χ1n) is 10.4. The smallest absolute Gasteiger partial charge is 0.192 e. The zero-order valence-corrected chi connectivity index (χ0v) is 19.2. The minimum Gasteiger partial charge on any atom is -0.497 e. The average molecular weight is 427 g/mol. The maximum Gasteiger partial charge on any atom is 0.192 e. The van der Waals surface area contributed by atoms with Crippen molar-refractivity contribution in [3.8, 4) is 5.75 Å². The molecule has 0 aliphatic carbocycles. The topological polar surface area (TPSA) is 35.5 Å². The van der Waals surface area contributed by atoms with Gasteiger partial charge in [-0.2, -0.15) is 0 Å². The highest BCUT2D eigenvalue weighted by Gasteiger charge is 2.08. The molecular weight excluding hydrogens is 396 g/mol. The van der Waals surface area contributed by atoms with Gasteiger partial charge in [0.15, 0.2) is 5.78 Å². The second kappa shape index (κ2) is 12.1. The van der Waals surface area contributed by atoms with Crippen molar-refractivity contribution in [3.05, 3.63) is 132 Å². The van der Waals surface area contributed by atoms with E-state index in [1.807, 2.05) is 32.1 Å². The summed E-state index contributed by atoms with van der Waals surface area (Å²) in [5.74, 6) is 1.72. The fraction of sp³-hybridized carbons (Fsp3) is 0.138. The number of ether oxygens (including phenoxy) is 2. The predicted molar refractivity (Wildman–Crippen MR) is 134 cm³/mol. The number of carbonyl (C=O) groups excluding carboxylic acids is 1. The zero-order valence-electron chi connectivity index (χ0n) is 19.2. The number of methoxy groups -OCH3 is 1. The molecule has 0 atom stereocenters.